The largest absolute Gasteiger partial charge is 0.493 e. The molecular weight excluding hydrogens is 342 g/mol. The van der Waals surface area contributed by atoms with Crippen LogP contribution in [-0.2, 0) is 0 Å². The highest BCUT2D eigenvalue weighted by Gasteiger charge is 2.17. The van der Waals surface area contributed by atoms with E-state index in [-0.39, 0.29) is 0 Å². The van der Waals surface area contributed by atoms with Crippen LogP contribution in [0.2, 0.25) is 0 Å². The van der Waals surface area contributed by atoms with Gasteiger partial charge in [0.1, 0.15) is 23.2 Å². The molecule has 5 heteroatoms. The van der Waals surface area contributed by atoms with Gasteiger partial charge >= 0.3 is 0 Å². The number of nitriles is 1. The van der Waals surface area contributed by atoms with Crippen molar-refractivity contribution < 1.29 is 4.74 Å². The van der Waals surface area contributed by atoms with Crippen LogP contribution in [0.4, 0.5) is 0 Å². The molecular formula is C17H14BrN3O. The lowest BCUT2D eigenvalue weighted by molar-refractivity contribution is 0.341. The molecule has 110 valence electrons. The zero-order valence-corrected chi connectivity index (χ0v) is 13.9. The van der Waals surface area contributed by atoms with E-state index in [0.29, 0.717) is 18.0 Å². The Hall–Kier alpha value is -2.32. The van der Waals surface area contributed by atoms with Crippen LogP contribution in [0, 0.1) is 18.3 Å². The number of pyridine rings is 1. The summed E-state index contributed by atoms with van der Waals surface area (Å²) in [4.78, 5) is 4.64. The molecule has 0 aliphatic rings. The number of halogens is 1. The third-order valence-corrected chi connectivity index (χ3v) is 4.28. The summed E-state index contributed by atoms with van der Waals surface area (Å²) >= 11 is 3.50. The molecule has 22 heavy (non-hydrogen) atoms. The Labute approximate surface area is 137 Å². The summed E-state index contributed by atoms with van der Waals surface area (Å²) in [5.74, 6) is 0.737. The molecule has 0 saturated carbocycles. The number of rotatable bonds is 3. The van der Waals surface area contributed by atoms with Gasteiger partial charge < -0.3 is 4.74 Å². The Bertz CT molecular complexity index is 893. The van der Waals surface area contributed by atoms with Crippen molar-refractivity contribution in [2.45, 2.75) is 13.8 Å². The normalized spacial score (nSPS) is 10.6. The number of benzene rings is 1. The number of hydrogen-bond acceptors (Lipinski definition) is 3. The van der Waals surface area contributed by atoms with Gasteiger partial charge in [-0.05, 0) is 53.5 Å². The molecule has 0 unspecified atom stereocenters. The van der Waals surface area contributed by atoms with Crippen LogP contribution in [0.3, 0.4) is 0 Å². The zero-order valence-electron chi connectivity index (χ0n) is 12.3. The Morgan fingerprint density at radius 2 is 2.14 bits per heavy atom. The summed E-state index contributed by atoms with van der Waals surface area (Å²) in [6.07, 6.45) is 1.88. The molecule has 0 fully saturated rings. The van der Waals surface area contributed by atoms with Gasteiger partial charge in [0.05, 0.1) is 6.61 Å². The van der Waals surface area contributed by atoms with E-state index in [9.17, 15) is 5.26 Å². The molecule has 4 nitrogen and oxygen atoms in total. The second-order valence-electron chi connectivity index (χ2n) is 4.88. The second-order valence-corrected chi connectivity index (χ2v) is 5.74. The van der Waals surface area contributed by atoms with Crippen LogP contribution >= 0.6 is 15.9 Å². The fourth-order valence-corrected chi connectivity index (χ4v) is 2.72. The highest BCUT2D eigenvalue weighted by Crippen LogP contribution is 2.33. The van der Waals surface area contributed by atoms with Crippen molar-refractivity contribution >= 4 is 21.6 Å². The summed E-state index contributed by atoms with van der Waals surface area (Å²) in [6.45, 7) is 4.50. The summed E-state index contributed by atoms with van der Waals surface area (Å²) in [5, 5.41) is 9.58. The number of ether oxygens (including phenoxy) is 1. The number of hydrogen-bond donors (Lipinski definition) is 0. The second kappa shape index (κ2) is 5.82. The molecule has 0 spiro atoms. The molecule has 0 saturated heterocycles. The quantitative estimate of drug-likeness (QED) is 0.701. The van der Waals surface area contributed by atoms with Crippen LogP contribution in [0.5, 0.6) is 5.75 Å². The average molecular weight is 356 g/mol. The van der Waals surface area contributed by atoms with E-state index in [2.05, 4.69) is 27.0 Å². The lowest BCUT2D eigenvalue weighted by Crippen LogP contribution is -1.95. The molecule has 0 aliphatic heterocycles. The number of nitrogens with zero attached hydrogens (tertiary/aromatic N) is 3. The Morgan fingerprint density at radius 1 is 1.36 bits per heavy atom. The lowest BCUT2D eigenvalue weighted by Gasteiger charge is -2.08. The van der Waals surface area contributed by atoms with Gasteiger partial charge in [-0.1, -0.05) is 12.1 Å². The minimum atomic E-state index is 0.503. The van der Waals surface area contributed by atoms with E-state index in [4.69, 9.17) is 4.74 Å². The van der Waals surface area contributed by atoms with Gasteiger partial charge in [-0.3, -0.25) is 4.40 Å². The van der Waals surface area contributed by atoms with Gasteiger partial charge in [0.15, 0.2) is 5.69 Å². The predicted molar refractivity (Wildman–Crippen MR) is 88.9 cm³/mol. The fraction of sp³-hybridized carbons (Fsp3) is 0.176. The molecule has 0 bridgehead atoms. The van der Waals surface area contributed by atoms with Crippen molar-refractivity contribution in [2.24, 2.45) is 0 Å². The minimum absolute atomic E-state index is 0.503. The Balaban J connectivity index is 2.30. The number of fused-ring (bicyclic) bond motifs is 1. The molecule has 3 aromatic rings. The van der Waals surface area contributed by atoms with Crippen molar-refractivity contribution in [1.29, 1.82) is 5.26 Å². The highest BCUT2D eigenvalue weighted by atomic mass is 79.9. The first kappa shape index (κ1) is 14.6. The van der Waals surface area contributed by atoms with Crippen molar-refractivity contribution in [2.75, 3.05) is 6.61 Å². The summed E-state index contributed by atoms with van der Waals surface area (Å²) in [5.41, 5.74) is 3.80. The third-order valence-electron chi connectivity index (χ3n) is 3.45. The summed E-state index contributed by atoms with van der Waals surface area (Å²) < 4.78 is 8.41. The van der Waals surface area contributed by atoms with Gasteiger partial charge in [-0.15, -0.1) is 0 Å². The maximum Gasteiger partial charge on any atom is 0.152 e. The first-order valence-corrected chi connectivity index (χ1v) is 7.75. The van der Waals surface area contributed by atoms with Crippen LogP contribution in [0.1, 0.15) is 18.2 Å². The molecule has 2 heterocycles. The Morgan fingerprint density at radius 3 is 2.86 bits per heavy atom. The standard InChI is InChI=1S/C17H14BrN3O/c1-3-22-15-7-5-4-6-12(15)17-14(9-19)21-10-13(18)11(2)8-16(21)20-17/h4-8,10H,3H2,1-2H3. The summed E-state index contributed by atoms with van der Waals surface area (Å²) in [6, 6.07) is 11.9. The molecule has 0 atom stereocenters. The molecule has 1 aromatic carbocycles. The van der Waals surface area contributed by atoms with E-state index in [1.54, 1.807) is 4.40 Å². The van der Waals surface area contributed by atoms with Gasteiger partial charge in [-0.2, -0.15) is 5.26 Å². The van der Waals surface area contributed by atoms with Crippen molar-refractivity contribution in [1.82, 2.24) is 9.38 Å². The van der Waals surface area contributed by atoms with E-state index < -0.39 is 0 Å². The number of para-hydroxylation sites is 1. The number of aryl methyl sites for hydroxylation is 1. The topological polar surface area (TPSA) is 50.3 Å². The molecule has 3 rings (SSSR count). The highest BCUT2D eigenvalue weighted by molar-refractivity contribution is 9.10. The van der Waals surface area contributed by atoms with Crippen molar-refractivity contribution in [3.8, 4) is 23.1 Å². The van der Waals surface area contributed by atoms with E-state index in [1.807, 2.05) is 50.4 Å². The van der Waals surface area contributed by atoms with Gasteiger partial charge in [0, 0.05) is 16.2 Å². The lowest BCUT2D eigenvalue weighted by atomic mass is 10.1. The van der Waals surface area contributed by atoms with E-state index in [1.165, 1.54) is 0 Å². The van der Waals surface area contributed by atoms with Crippen LogP contribution in [-0.4, -0.2) is 16.0 Å². The average Bonchev–Trinajstić information content (AvgIpc) is 2.86. The first-order chi connectivity index (χ1) is 10.7. The smallest absolute Gasteiger partial charge is 0.152 e. The van der Waals surface area contributed by atoms with Crippen molar-refractivity contribution in [3.63, 3.8) is 0 Å². The molecule has 0 radical (unpaired) electrons. The monoisotopic (exact) mass is 355 g/mol. The molecule has 0 N–H and O–H groups in total. The first-order valence-electron chi connectivity index (χ1n) is 6.96. The SMILES string of the molecule is CCOc1ccccc1-c1nc2cc(C)c(Br)cn2c1C#N. The molecule has 2 aromatic heterocycles. The van der Waals surface area contributed by atoms with E-state index in [0.717, 1.165) is 27.0 Å². The Kier molecular flexibility index (Phi) is 3.86. The molecule has 0 aliphatic carbocycles. The maximum absolute atomic E-state index is 9.58. The van der Waals surface area contributed by atoms with E-state index >= 15 is 0 Å². The number of aromatic nitrogens is 2. The van der Waals surface area contributed by atoms with Gasteiger partial charge in [0.2, 0.25) is 0 Å². The number of imidazole rings is 1. The van der Waals surface area contributed by atoms with Crippen LogP contribution in [0.25, 0.3) is 16.9 Å². The predicted octanol–water partition coefficient (Wildman–Crippen LogP) is 4.34. The van der Waals surface area contributed by atoms with Gasteiger partial charge in [0.25, 0.3) is 0 Å². The fourth-order valence-electron chi connectivity index (χ4n) is 2.40. The molecule has 0 amide bonds. The van der Waals surface area contributed by atoms with Crippen LogP contribution in [0.15, 0.2) is 41.0 Å². The third kappa shape index (κ3) is 2.36. The van der Waals surface area contributed by atoms with Crippen LogP contribution < -0.4 is 4.74 Å². The van der Waals surface area contributed by atoms with Gasteiger partial charge in [-0.25, -0.2) is 4.98 Å². The maximum atomic E-state index is 9.58. The zero-order chi connectivity index (χ0) is 15.7. The minimum Gasteiger partial charge on any atom is -0.493 e. The van der Waals surface area contributed by atoms with Crippen molar-refractivity contribution in [3.05, 3.63) is 52.3 Å². The summed E-state index contributed by atoms with van der Waals surface area (Å²) in [7, 11) is 0.